The second-order valence-corrected chi connectivity index (χ2v) is 5.67. The Kier molecular flexibility index (Phi) is 6.44. The molecule has 9 heteroatoms. The van der Waals surface area contributed by atoms with Gasteiger partial charge in [-0.15, -0.1) is 0 Å². The number of anilines is 1. The number of para-hydroxylation sites is 2. The first-order valence-corrected chi connectivity index (χ1v) is 7.92. The van der Waals surface area contributed by atoms with Gasteiger partial charge in [0.2, 0.25) is 0 Å². The highest BCUT2D eigenvalue weighted by molar-refractivity contribution is 5.69. The summed E-state index contributed by atoms with van der Waals surface area (Å²) >= 11 is 0. The second kappa shape index (κ2) is 8.76. The van der Waals surface area contributed by atoms with Crippen LogP contribution >= 0.6 is 0 Å². The summed E-state index contributed by atoms with van der Waals surface area (Å²) < 4.78 is 10.0. The molecule has 0 atom stereocenters. The number of esters is 1. The summed E-state index contributed by atoms with van der Waals surface area (Å²) in [5.41, 5.74) is 0.426. The van der Waals surface area contributed by atoms with Gasteiger partial charge in [0.15, 0.2) is 12.4 Å². The fraction of sp³-hybridized carbons (Fsp3) is 0.438. The van der Waals surface area contributed by atoms with Crippen molar-refractivity contribution in [3.63, 3.8) is 0 Å². The maximum absolute atomic E-state index is 11.7. The van der Waals surface area contributed by atoms with Crippen molar-refractivity contribution in [3.8, 4) is 0 Å². The van der Waals surface area contributed by atoms with Gasteiger partial charge >= 0.3 is 5.97 Å². The maximum atomic E-state index is 11.7. The van der Waals surface area contributed by atoms with Crippen molar-refractivity contribution < 1.29 is 19.0 Å². The van der Waals surface area contributed by atoms with Crippen molar-refractivity contribution in [1.82, 2.24) is 10.1 Å². The van der Waals surface area contributed by atoms with Crippen LogP contribution in [0.4, 0.5) is 11.4 Å². The molecule has 1 aromatic heterocycles. The van der Waals surface area contributed by atoms with Crippen molar-refractivity contribution in [2.45, 2.75) is 39.2 Å². The number of carbonyl (C=O) groups excluding carboxylic acids is 1. The van der Waals surface area contributed by atoms with E-state index in [0.717, 1.165) is 0 Å². The van der Waals surface area contributed by atoms with Crippen LogP contribution < -0.4 is 5.32 Å². The van der Waals surface area contributed by atoms with E-state index in [1.807, 2.05) is 13.8 Å². The van der Waals surface area contributed by atoms with E-state index in [-0.39, 0.29) is 30.5 Å². The third-order valence-electron chi connectivity index (χ3n) is 3.33. The molecule has 134 valence electrons. The van der Waals surface area contributed by atoms with Gasteiger partial charge in [0.05, 0.1) is 4.92 Å². The van der Waals surface area contributed by atoms with E-state index in [4.69, 9.17) is 9.26 Å². The highest BCUT2D eigenvalue weighted by atomic mass is 16.6. The summed E-state index contributed by atoms with van der Waals surface area (Å²) in [5.74, 6) is 0.574. The molecule has 0 unspecified atom stereocenters. The molecule has 2 rings (SSSR count). The summed E-state index contributed by atoms with van der Waals surface area (Å²) in [5, 5.41) is 17.6. The summed E-state index contributed by atoms with van der Waals surface area (Å²) in [4.78, 5) is 26.3. The minimum Gasteiger partial charge on any atom is -0.456 e. The number of benzene rings is 1. The number of carbonyl (C=O) groups is 1. The molecule has 0 radical (unpaired) electrons. The third kappa shape index (κ3) is 5.55. The Morgan fingerprint density at radius 1 is 1.40 bits per heavy atom. The van der Waals surface area contributed by atoms with E-state index in [2.05, 4.69) is 15.5 Å². The molecule has 2 aromatic rings. The van der Waals surface area contributed by atoms with Gasteiger partial charge in [0.1, 0.15) is 5.69 Å². The molecule has 0 fully saturated rings. The normalized spacial score (nSPS) is 10.7. The number of nitro groups is 1. The first-order chi connectivity index (χ1) is 12.0. The minimum atomic E-state index is -0.452. The summed E-state index contributed by atoms with van der Waals surface area (Å²) in [6.45, 7) is 4.23. The van der Waals surface area contributed by atoms with Crippen LogP contribution in [0.2, 0.25) is 0 Å². The zero-order chi connectivity index (χ0) is 18.2. The fourth-order valence-corrected chi connectivity index (χ4v) is 2.01. The van der Waals surface area contributed by atoms with E-state index in [9.17, 15) is 14.9 Å². The Morgan fingerprint density at radius 3 is 2.84 bits per heavy atom. The van der Waals surface area contributed by atoms with Crippen LogP contribution in [0.25, 0.3) is 0 Å². The molecule has 0 saturated heterocycles. The average Bonchev–Trinajstić information content (AvgIpc) is 3.06. The van der Waals surface area contributed by atoms with E-state index in [1.54, 1.807) is 18.2 Å². The molecule has 0 spiro atoms. The second-order valence-electron chi connectivity index (χ2n) is 5.67. The largest absolute Gasteiger partial charge is 0.456 e. The standard InChI is InChI=1S/C16H20N4O5/c1-11(2)16-18-14(25-19-16)10-24-15(21)8-5-9-17-12-6-3-4-7-13(12)20(22)23/h3-4,6-7,11,17H,5,8-10H2,1-2H3. The Labute approximate surface area is 144 Å². The van der Waals surface area contributed by atoms with Crippen molar-refractivity contribution in [1.29, 1.82) is 0 Å². The molecular weight excluding hydrogens is 328 g/mol. The number of nitrogens with zero attached hydrogens (tertiary/aromatic N) is 3. The molecule has 0 aliphatic rings. The first kappa shape index (κ1) is 18.4. The molecule has 0 saturated carbocycles. The number of aromatic nitrogens is 2. The monoisotopic (exact) mass is 348 g/mol. The van der Waals surface area contributed by atoms with Gasteiger partial charge in [0, 0.05) is 24.9 Å². The lowest BCUT2D eigenvalue weighted by Crippen LogP contribution is -2.09. The molecule has 25 heavy (non-hydrogen) atoms. The Bertz CT molecular complexity index is 729. The summed E-state index contributed by atoms with van der Waals surface area (Å²) in [7, 11) is 0. The number of nitrogens with one attached hydrogen (secondary N) is 1. The number of ether oxygens (including phenoxy) is 1. The molecule has 1 heterocycles. The van der Waals surface area contributed by atoms with Crippen LogP contribution in [0, 0.1) is 10.1 Å². The van der Waals surface area contributed by atoms with Gasteiger partial charge in [-0.3, -0.25) is 14.9 Å². The highest BCUT2D eigenvalue weighted by Crippen LogP contribution is 2.23. The predicted octanol–water partition coefficient (Wildman–Crippen LogP) is 3.04. The Balaban J connectivity index is 1.69. The van der Waals surface area contributed by atoms with E-state index < -0.39 is 10.9 Å². The zero-order valence-corrected chi connectivity index (χ0v) is 14.1. The topological polar surface area (TPSA) is 120 Å². The molecule has 1 N–H and O–H groups in total. The molecule has 0 bridgehead atoms. The average molecular weight is 348 g/mol. The molecule has 1 aromatic carbocycles. The Hall–Kier alpha value is -2.97. The van der Waals surface area contributed by atoms with Gasteiger partial charge in [-0.1, -0.05) is 31.1 Å². The molecule has 9 nitrogen and oxygen atoms in total. The van der Waals surface area contributed by atoms with Gasteiger partial charge in [-0.2, -0.15) is 4.98 Å². The van der Waals surface area contributed by atoms with Crippen molar-refractivity contribution >= 4 is 17.3 Å². The van der Waals surface area contributed by atoms with E-state index in [0.29, 0.717) is 24.5 Å². The van der Waals surface area contributed by atoms with Crippen LogP contribution in [-0.4, -0.2) is 27.6 Å². The lowest BCUT2D eigenvalue weighted by Gasteiger charge is -2.06. The molecule has 0 amide bonds. The molecule has 0 aliphatic heterocycles. The third-order valence-corrected chi connectivity index (χ3v) is 3.33. The Morgan fingerprint density at radius 2 is 2.16 bits per heavy atom. The number of hydrogen-bond acceptors (Lipinski definition) is 8. The lowest BCUT2D eigenvalue weighted by molar-refractivity contribution is -0.384. The van der Waals surface area contributed by atoms with Crippen LogP contribution in [0.1, 0.15) is 44.3 Å². The lowest BCUT2D eigenvalue weighted by atomic mass is 10.2. The van der Waals surface area contributed by atoms with Crippen molar-refractivity contribution in [2.75, 3.05) is 11.9 Å². The van der Waals surface area contributed by atoms with Crippen LogP contribution in [0.3, 0.4) is 0 Å². The maximum Gasteiger partial charge on any atom is 0.306 e. The van der Waals surface area contributed by atoms with Crippen molar-refractivity contribution in [2.24, 2.45) is 0 Å². The molecular formula is C16H20N4O5. The highest BCUT2D eigenvalue weighted by Gasteiger charge is 2.13. The van der Waals surface area contributed by atoms with Crippen LogP contribution in [0.15, 0.2) is 28.8 Å². The summed E-state index contributed by atoms with van der Waals surface area (Å²) in [6, 6.07) is 6.35. The van der Waals surface area contributed by atoms with Crippen molar-refractivity contribution in [3.05, 3.63) is 46.1 Å². The number of nitro benzene ring substituents is 1. The number of rotatable bonds is 9. The predicted molar refractivity (Wildman–Crippen MR) is 89.0 cm³/mol. The van der Waals surface area contributed by atoms with Gasteiger partial charge in [0.25, 0.3) is 11.6 Å². The first-order valence-electron chi connectivity index (χ1n) is 7.92. The quantitative estimate of drug-likeness (QED) is 0.318. The zero-order valence-electron chi connectivity index (χ0n) is 14.1. The van der Waals surface area contributed by atoms with E-state index in [1.165, 1.54) is 6.07 Å². The van der Waals surface area contributed by atoms with E-state index >= 15 is 0 Å². The van der Waals surface area contributed by atoms with Gasteiger partial charge in [-0.05, 0) is 12.5 Å². The minimum absolute atomic E-state index is 0.00225. The number of hydrogen-bond donors (Lipinski definition) is 1. The summed E-state index contributed by atoms with van der Waals surface area (Å²) in [6.07, 6.45) is 0.658. The van der Waals surface area contributed by atoms with Gasteiger partial charge < -0.3 is 14.6 Å². The fourth-order valence-electron chi connectivity index (χ4n) is 2.01. The van der Waals surface area contributed by atoms with Crippen LogP contribution in [0.5, 0.6) is 0 Å². The van der Waals surface area contributed by atoms with Gasteiger partial charge in [-0.25, -0.2) is 0 Å². The smallest absolute Gasteiger partial charge is 0.306 e. The molecule has 0 aliphatic carbocycles. The SMILES string of the molecule is CC(C)c1noc(COC(=O)CCCNc2ccccc2[N+](=O)[O-])n1. The van der Waals surface area contributed by atoms with Crippen LogP contribution in [-0.2, 0) is 16.1 Å².